The summed E-state index contributed by atoms with van der Waals surface area (Å²) in [6, 6.07) is 8.40. The van der Waals surface area contributed by atoms with Gasteiger partial charge in [0, 0.05) is 49.6 Å². The number of aromatic nitrogens is 1. The summed E-state index contributed by atoms with van der Waals surface area (Å²) in [6.07, 6.45) is 11.9. The van der Waals surface area contributed by atoms with Crippen LogP contribution in [0.25, 0.3) is 5.57 Å². The summed E-state index contributed by atoms with van der Waals surface area (Å²) < 4.78 is 12.0. The molecule has 2 aliphatic rings. The van der Waals surface area contributed by atoms with E-state index in [1.807, 2.05) is 24.5 Å². The minimum atomic E-state index is -1.26. The molecule has 3 N–H and O–H groups in total. The third-order valence-corrected chi connectivity index (χ3v) is 5.50. The second-order valence-electron chi connectivity index (χ2n) is 9.02. The van der Waals surface area contributed by atoms with Crippen LogP contribution in [-0.2, 0) is 22.6 Å². The molecule has 1 aliphatic heterocycles. The van der Waals surface area contributed by atoms with Crippen molar-refractivity contribution in [2.75, 3.05) is 13.2 Å². The number of benzene rings is 1. The van der Waals surface area contributed by atoms with Crippen molar-refractivity contribution in [3.05, 3.63) is 71.6 Å². The molecule has 1 aromatic carbocycles. The number of carboxylic acids is 2. The van der Waals surface area contributed by atoms with Gasteiger partial charge in [0.1, 0.15) is 12.2 Å². The van der Waals surface area contributed by atoms with Gasteiger partial charge in [0.2, 0.25) is 0 Å². The first-order valence-corrected chi connectivity index (χ1v) is 11.7. The Kier molecular flexibility index (Phi) is 9.03. The first-order chi connectivity index (χ1) is 16.7. The zero-order valence-corrected chi connectivity index (χ0v) is 20.1. The molecule has 1 aliphatic carbocycles. The Morgan fingerprint density at radius 3 is 2.66 bits per heavy atom. The number of ether oxygens (including phenoxy) is 2. The summed E-state index contributed by atoms with van der Waals surface area (Å²) in [5.41, 5.74) is 5.00. The molecule has 35 heavy (non-hydrogen) atoms. The first-order valence-electron chi connectivity index (χ1n) is 11.7. The number of allylic oxidation sites excluding steroid dienone is 2. The maximum atomic E-state index is 9.55. The molecule has 0 saturated heterocycles. The minimum Gasteiger partial charge on any atom is -0.488 e. The topological polar surface area (TPSA) is 118 Å². The number of para-hydroxylation sites is 1. The Balaban J connectivity index is 0.000000371. The molecule has 8 heteroatoms. The van der Waals surface area contributed by atoms with Gasteiger partial charge in [-0.1, -0.05) is 18.2 Å². The lowest BCUT2D eigenvalue weighted by Crippen LogP contribution is -2.25. The molecule has 0 bridgehead atoms. The molecule has 2 aromatic rings. The second-order valence-corrected chi connectivity index (χ2v) is 9.02. The zero-order chi connectivity index (χ0) is 25.3. The molecule has 0 amide bonds. The van der Waals surface area contributed by atoms with Gasteiger partial charge in [0.05, 0.1) is 0 Å². The molecule has 0 saturated carbocycles. The van der Waals surface area contributed by atoms with E-state index in [1.165, 1.54) is 41.5 Å². The van der Waals surface area contributed by atoms with Gasteiger partial charge in [0.25, 0.3) is 0 Å². The minimum absolute atomic E-state index is 0.146. The molecule has 1 aromatic heterocycles. The van der Waals surface area contributed by atoms with Crippen LogP contribution in [0.3, 0.4) is 0 Å². The van der Waals surface area contributed by atoms with Gasteiger partial charge in [-0.3, -0.25) is 4.98 Å². The lowest BCUT2D eigenvalue weighted by Gasteiger charge is -2.18. The Morgan fingerprint density at radius 2 is 1.97 bits per heavy atom. The summed E-state index contributed by atoms with van der Waals surface area (Å²) in [5, 5.41) is 19.1. The van der Waals surface area contributed by atoms with Gasteiger partial charge in [-0.05, 0) is 61.9 Å². The highest BCUT2D eigenvalue weighted by Crippen LogP contribution is 2.41. The quantitative estimate of drug-likeness (QED) is 0.360. The lowest BCUT2D eigenvalue weighted by atomic mass is 10.0. The van der Waals surface area contributed by atoms with Gasteiger partial charge in [-0.15, -0.1) is 0 Å². The van der Waals surface area contributed by atoms with Crippen molar-refractivity contribution < 1.29 is 29.3 Å². The number of aliphatic carboxylic acids is 2. The van der Waals surface area contributed by atoms with Crippen LogP contribution < -0.4 is 14.8 Å². The predicted octanol–water partition coefficient (Wildman–Crippen LogP) is 4.24. The molecule has 0 fully saturated rings. The van der Waals surface area contributed by atoms with Crippen LogP contribution in [0.5, 0.6) is 11.5 Å². The Morgan fingerprint density at radius 1 is 1.20 bits per heavy atom. The average Bonchev–Trinajstić information content (AvgIpc) is 3.45. The van der Waals surface area contributed by atoms with Crippen molar-refractivity contribution in [2.24, 2.45) is 0 Å². The summed E-state index contributed by atoms with van der Waals surface area (Å²) >= 11 is 0. The highest BCUT2D eigenvalue weighted by atomic mass is 16.5. The van der Waals surface area contributed by atoms with E-state index in [4.69, 9.17) is 19.7 Å². The molecule has 0 unspecified atom stereocenters. The van der Waals surface area contributed by atoms with E-state index in [1.54, 1.807) is 0 Å². The van der Waals surface area contributed by atoms with Crippen LogP contribution in [0.2, 0.25) is 0 Å². The van der Waals surface area contributed by atoms with Crippen molar-refractivity contribution in [3.8, 4) is 11.5 Å². The van der Waals surface area contributed by atoms with Gasteiger partial charge in [-0.25, -0.2) is 9.59 Å². The summed E-state index contributed by atoms with van der Waals surface area (Å²) in [5.74, 6) is -0.763. The highest BCUT2D eigenvalue weighted by molar-refractivity contribution is 5.89. The number of hydrogen-bond donors (Lipinski definition) is 3. The standard InChI is InChI=1S/C23H28N2O2.C4H4O4/c1-23(2)13-19-8-5-9-21(22(19)27-23)26-11-10-24-14-17-12-20(16-25-15-17)18-6-3-4-7-18;5-3(6)1-2-4(7)8/h5-6,8-9,12,15-16,24H,3-4,7,10-11,13-14H2,1-2H3;1-2H,(H,5,6)(H,7,8)/b;2-1-. The van der Waals surface area contributed by atoms with Gasteiger partial charge < -0.3 is 25.0 Å². The highest BCUT2D eigenvalue weighted by Gasteiger charge is 2.32. The van der Waals surface area contributed by atoms with Gasteiger partial charge in [0.15, 0.2) is 11.5 Å². The van der Waals surface area contributed by atoms with Gasteiger partial charge >= 0.3 is 11.9 Å². The van der Waals surface area contributed by atoms with Crippen LogP contribution >= 0.6 is 0 Å². The maximum absolute atomic E-state index is 9.55. The third-order valence-electron chi connectivity index (χ3n) is 5.50. The molecule has 186 valence electrons. The molecular formula is C27H32N2O6. The smallest absolute Gasteiger partial charge is 0.328 e. The molecule has 0 radical (unpaired) electrons. The van der Waals surface area contributed by atoms with Crippen molar-refractivity contribution in [1.29, 1.82) is 0 Å². The van der Waals surface area contributed by atoms with Crippen LogP contribution in [0.15, 0.2) is 54.9 Å². The fourth-order valence-electron chi connectivity index (χ4n) is 4.00. The monoisotopic (exact) mass is 480 g/mol. The first kappa shape index (κ1) is 26.0. The van der Waals surface area contributed by atoms with E-state index in [9.17, 15) is 9.59 Å². The van der Waals surface area contributed by atoms with E-state index in [0.717, 1.165) is 31.0 Å². The number of nitrogens with zero attached hydrogens (tertiary/aromatic N) is 1. The van der Waals surface area contributed by atoms with E-state index in [-0.39, 0.29) is 5.60 Å². The number of carboxylic acid groups (broad SMARTS) is 2. The van der Waals surface area contributed by atoms with Crippen molar-refractivity contribution in [3.63, 3.8) is 0 Å². The predicted molar refractivity (Wildman–Crippen MR) is 133 cm³/mol. The molecule has 2 heterocycles. The zero-order valence-electron chi connectivity index (χ0n) is 20.1. The largest absolute Gasteiger partial charge is 0.488 e. The summed E-state index contributed by atoms with van der Waals surface area (Å²) in [4.78, 5) is 23.5. The van der Waals surface area contributed by atoms with Crippen LogP contribution in [-0.4, -0.2) is 45.9 Å². The van der Waals surface area contributed by atoms with E-state index in [2.05, 4.69) is 42.4 Å². The lowest BCUT2D eigenvalue weighted by molar-refractivity contribution is -0.134. The maximum Gasteiger partial charge on any atom is 0.328 e. The Bertz CT molecular complexity index is 1090. The normalized spacial score (nSPS) is 15.5. The number of rotatable bonds is 9. The molecular weight excluding hydrogens is 448 g/mol. The number of nitrogens with one attached hydrogen (secondary N) is 1. The Hall–Kier alpha value is -3.65. The molecule has 0 atom stereocenters. The number of hydrogen-bond acceptors (Lipinski definition) is 6. The van der Waals surface area contributed by atoms with Crippen molar-refractivity contribution in [2.45, 2.75) is 51.7 Å². The van der Waals surface area contributed by atoms with Crippen LogP contribution in [0.1, 0.15) is 49.8 Å². The van der Waals surface area contributed by atoms with Crippen LogP contribution in [0, 0.1) is 0 Å². The van der Waals surface area contributed by atoms with Gasteiger partial charge in [-0.2, -0.15) is 0 Å². The molecule has 0 spiro atoms. The fraction of sp³-hybridized carbons (Fsp3) is 0.370. The number of fused-ring (bicyclic) bond motifs is 1. The molecule has 8 nitrogen and oxygen atoms in total. The van der Waals surface area contributed by atoms with Crippen molar-refractivity contribution in [1.82, 2.24) is 10.3 Å². The average molecular weight is 481 g/mol. The Labute approximate surface area is 205 Å². The number of pyridine rings is 1. The number of carbonyl (C=O) groups is 2. The van der Waals surface area contributed by atoms with E-state index < -0.39 is 11.9 Å². The molecule has 4 rings (SSSR count). The van der Waals surface area contributed by atoms with Crippen molar-refractivity contribution >= 4 is 17.5 Å². The SMILES string of the molecule is CC1(C)Cc2cccc(OCCNCc3cncc(C4=CCCC4)c3)c2O1.O=C(O)/C=C\C(=O)O. The summed E-state index contributed by atoms with van der Waals surface area (Å²) in [7, 11) is 0. The van der Waals surface area contributed by atoms with E-state index >= 15 is 0 Å². The third kappa shape index (κ3) is 8.26. The van der Waals surface area contributed by atoms with E-state index in [0.29, 0.717) is 18.8 Å². The van der Waals surface area contributed by atoms with Crippen LogP contribution in [0.4, 0.5) is 0 Å². The summed E-state index contributed by atoms with van der Waals surface area (Å²) in [6.45, 7) is 6.41. The fourth-order valence-corrected chi connectivity index (χ4v) is 4.00. The second kappa shape index (κ2) is 12.2.